The second kappa shape index (κ2) is 8.07. The zero-order valence-electron chi connectivity index (χ0n) is 18.0. The molecule has 6 rings (SSSR count). The van der Waals surface area contributed by atoms with Crippen LogP contribution in [-0.4, -0.2) is 38.5 Å². The van der Waals surface area contributed by atoms with Crippen LogP contribution in [0.15, 0.2) is 78.9 Å². The van der Waals surface area contributed by atoms with Crippen molar-refractivity contribution in [1.29, 1.82) is 0 Å². The molecule has 0 saturated heterocycles. The van der Waals surface area contributed by atoms with Gasteiger partial charge in [0.25, 0.3) is 0 Å². The first kappa shape index (κ1) is 21.8. The SMILES string of the molecule is O=C1c2ccccc2C(=O)c2c(O)c(O)cc(O)c21.O=C1c2ccccc2C(=O)c2ccccc21. The highest BCUT2D eigenvalue weighted by Crippen LogP contribution is 2.42. The van der Waals surface area contributed by atoms with Crippen LogP contribution in [0.25, 0.3) is 0 Å². The Morgan fingerprint density at radius 3 is 1.09 bits per heavy atom. The molecule has 170 valence electrons. The van der Waals surface area contributed by atoms with E-state index in [9.17, 15) is 34.5 Å². The van der Waals surface area contributed by atoms with E-state index in [4.69, 9.17) is 0 Å². The molecule has 3 N–H and O–H groups in total. The lowest BCUT2D eigenvalue weighted by molar-refractivity contribution is 0.0973. The van der Waals surface area contributed by atoms with E-state index < -0.39 is 28.8 Å². The number of benzene rings is 4. The van der Waals surface area contributed by atoms with Gasteiger partial charge in [-0.15, -0.1) is 0 Å². The number of phenols is 3. The molecule has 7 heteroatoms. The summed E-state index contributed by atoms with van der Waals surface area (Å²) in [4.78, 5) is 48.7. The van der Waals surface area contributed by atoms with Gasteiger partial charge in [0.2, 0.25) is 0 Å². The van der Waals surface area contributed by atoms with Crippen LogP contribution in [-0.2, 0) is 0 Å². The number of hydrogen-bond donors (Lipinski definition) is 3. The van der Waals surface area contributed by atoms with E-state index in [2.05, 4.69) is 0 Å². The van der Waals surface area contributed by atoms with Crippen molar-refractivity contribution in [3.8, 4) is 17.2 Å². The van der Waals surface area contributed by atoms with Gasteiger partial charge in [0.1, 0.15) is 5.75 Å². The van der Waals surface area contributed by atoms with Gasteiger partial charge in [0, 0.05) is 39.4 Å². The molecule has 0 aromatic heterocycles. The van der Waals surface area contributed by atoms with Gasteiger partial charge < -0.3 is 15.3 Å². The largest absolute Gasteiger partial charge is 0.507 e. The summed E-state index contributed by atoms with van der Waals surface area (Å²) in [5, 5.41) is 28.9. The average molecular weight is 464 g/mol. The fraction of sp³-hybridized carbons (Fsp3) is 0. The highest BCUT2D eigenvalue weighted by molar-refractivity contribution is 6.30. The average Bonchev–Trinajstić information content (AvgIpc) is 2.88. The van der Waals surface area contributed by atoms with Crippen LogP contribution < -0.4 is 0 Å². The Morgan fingerprint density at radius 1 is 0.400 bits per heavy atom. The molecule has 7 nitrogen and oxygen atoms in total. The number of hydrogen-bond acceptors (Lipinski definition) is 7. The lowest BCUT2D eigenvalue weighted by Gasteiger charge is -2.19. The molecule has 0 heterocycles. The smallest absolute Gasteiger partial charge is 0.198 e. The topological polar surface area (TPSA) is 129 Å². The maximum absolute atomic E-state index is 12.2. The van der Waals surface area contributed by atoms with Gasteiger partial charge in [-0.3, -0.25) is 19.2 Å². The quantitative estimate of drug-likeness (QED) is 0.229. The van der Waals surface area contributed by atoms with Crippen LogP contribution in [0.2, 0.25) is 0 Å². The molecule has 35 heavy (non-hydrogen) atoms. The second-order valence-electron chi connectivity index (χ2n) is 7.97. The van der Waals surface area contributed by atoms with Gasteiger partial charge in [-0.25, -0.2) is 0 Å². The van der Waals surface area contributed by atoms with Crippen molar-refractivity contribution in [3.05, 3.63) is 123 Å². The lowest BCUT2D eigenvalue weighted by Crippen LogP contribution is -2.21. The molecule has 4 aromatic rings. The van der Waals surface area contributed by atoms with Crippen LogP contribution in [0, 0.1) is 0 Å². The monoisotopic (exact) mass is 464 g/mol. The number of fused-ring (bicyclic) bond motifs is 4. The van der Waals surface area contributed by atoms with Crippen molar-refractivity contribution in [2.24, 2.45) is 0 Å². The van der Waals surface area contributed by atoms with Gasteiger partial charge in [0.15, 0.2) is 34.6 Å². The van der Waals surface area contributed by atoms with E-state index in [1.54, 1.807) is 60.7 Å². The molecule has 0 fully saturated rings. The maximum atomic E-state index is 12.2. The fourth-order valence-electron chi connectivity index (χ4n) is 4.29. The fourth-order valence-corrected chi connectivity index (χ4v) is 4.29. The van der Waals surface area contributed by atoms with E-state index in [-0.39, 0.29) is 33.8 Å². The van der Waals surface area contributed by atoms with Gasteiger partial charge in [-0.05, 0) is 0 Å². The van der Waals surface area contributed by atoms with E-state index >= 15 is 0 Å². The third-order valence-corrected chi connectivity index (χ3v) is 5.96. The first-order valence-corrected chi connectivity index (χ1v) is 10.5. The van der Waals surface area contributed by atoms with Crippen molar-refractivity contribution in [1.82, 2.24) is 0 Å². The highest BCUT2D eigenvalue weighted by Gasteiger charge is 2.35. The van der Waals surface area contributed by atoms with Crippen LogP contribution in [0.4, 0.5) is 0 Å². The highest BCUT2D eigenvalue weighted by atomic mass is 16.3. The minimum Gasteiger partial charge on any atom is -0.507 e. The maximum Gasteiger partial charge on any atom is 0.198 e. The molecule has 0 spiro atoms. The van der Waals surface area contributed by atoms with Crippen LogP contribution in [0.3, 0.4) is 0 Å². The van der Waals surface area contributed by atoms with E-state index in [1.165, 1.54) is 12.1 Å². The minimum absolute atomic E-state index is 0.0641. The Morgan fingerprint density at radius 2 is 0.714 bits per heavy atom. The number of carbonyl (C=O) groups excluding carboxylic acids is 4. The molecule has 2 aliphatic carbocycles. The standard InChI is InChI=1S/C14H8O5.C14H8O2/c15-8-5-9(16)14(19)11-10(8)12(17)6-3-1-2-4-7(6)13(11)18;15-13-9-5-1-2-6-10(9)14(16)12-8-4-3-7-11(12)13/h1-5,15-16,19H;1-8H. The van der Waals surface area contributed by atoms with Crippen molar-refractivity contribution >= 4 is 23.1 Å². The van der Waals surface area contributed by atoms with Crippen molar-refractivity contribution in [2.75, 3.05) is 0 Å². The molecule has 0 amide bonds. The number of carbonyl (C=O) groups is 4. The Hall–Kier alpha value is -5.04. The molecule has 0 aliphatic heterocycles. The molecule has 0 unspecified atom stereocenters. The number of aromatic hydroxyl groups is 3. The van der Waals surface area contributed by atoms with E-state index in [0.717, 1.165) is 6.07 Å². The molecule has 0 saturated carbocycles. The molecule has 2 aliphatic rings. The molecular weight excluding hydrogens is 448 g/mol. The van der Waals surface area contributed by atoms with Gasteiger partial charge in [-0.1, -0.05) is 72.8 Å². The summed E-state index contributed by atoms with van der Waals surface area (Å²) in [6, 6.07) is 20.9. The summed E-state index contributed by atoms with van der Waals surface area (Å²) in [6.45, 7) is 0. The number of phenolic OH excluding ortho intramolecular Hbond substituents is 3. The Balaban J connectivity index is 0.000000147. The van der Waals surface area contributed by atoms with Gasteiger partial charge >= 0.3 is 0 Å². The lowest BCUT2D eigenvalue weighted by atomic mass is 9.83. The molecule has 0 atom stereocenters. The Bertz CT molecular complexity index is 1490. The van der Waals surface area contributed by atoms with Crippen molar-refractivity contribution < 1.29 is 34.5 Å². The predicted molar refractivity (Wildman–Crippen MR) is 124 cm³/mol. The summed E-state index contributed by atoms with van der Waals surface area (Å²) >= 11 is 0. The number of rotatable bonds is 0. The first-order chi connectivity index (χ1) is 16.8. The van der Waals surface area contributed by atoms with Crippen molar-refractivity contribution in [2.45, 2.75) is 0 Å². The molecule has 0 radical (unpaired) electrons. The summed E-state index contributed by atoms with van der Waals surface area (Å²) in [5.41, 5.74) is 1.69. The zero-order chi connectivity index (χ0) is 24.9. The Labute approximate surface area is 198 Å². The molecule has 0 bridgehead atoms. The van der Waals surface area contributed by atoms with Crippen LogP contribution in [0.1, 0.15) is 63.7 Å². The first-order valence-electron chi connectivity index (χ1n) is 10.5. The van der Waals surface area contributed by atoms with Crippen LogP contribution >= 0.6 is 0 Å². The molecular formula is C28H16O7. The normalized spacial score (nSPS) is 13.1. The van der Waals surface area contributed by atoms with E-state index in [0.29, 0.717) is 22.3 Å². The molecule has 4 aromatic carbocycles. The van der Waals surface area contributed by atoms with Crippen LogP contribution in [0.5, 0.6) is 17.2 Å². The summed E-state index contributed by atoms with van der Waals surface area (Å²) in [6.07, 6.45) is 0. The third kappa shape index (κ3) is 3.29. The van der Waals surface area contributed by atoms with E-state index in [1.807, 2.05) is 0 Å². The predicted octanol–water partition coefficient (Wildman–Crippen LogP) is 4.04. The number of ketones is 4. The third-order valence-electron chi connectivity index (χ3n) is 5.96. The summed E-state index contributed by atoms with van der Waals surface area (Å²) < 4.78 is 0. The Kier molecular flexibility index (Phi) is 5.02. The van der Waals surface area contributed by atoms with Crippen molar-refractivity contribution in [3.63, 3.8) is 0 Å². The zero-order valence-corrected chi connectivity index (χ0v) is 18.0. The second-order valence-corrected chi connectivity index (χ2v) is 7.97. The summed E-state index contributed by atoms with van der Waals surface area (Å²) in [7, 11) is 0. The summed E-state index contributed by atoms with van der Waals surface area (Å²) in [5.74, 6) is -3.15. The van der Waals surface area contributed by atoms with Gasteiger partial charge in [0.05, 0.1) is 11.1 Å². The van der Waals surface area contributed by atoms with Gasteiger partial charge in [-0.2, -0.15) is 0 Å². The minimum atomic E-state index is -0.694.